The number of ether oxygens (including phenoxy) is 1. The Bertz CT molecular complexity index is 1160. The highest BCUT2D eigenvalue weighted by molar-refractivity contribution is 7.92. The number of methoxy groups -OCH3 is 1. The monoisotopic (exact) mass is 422 g/mol. The number of rotatable bonds is 6. The largest absolute Gasteiger partial charge is 0.497 e. The number of anilines is 2. The molecule has 1 aliphatic heterocycles. The zero-order valence-corrected chi connectivity index (χ0v) is 17.4. The summed E-state index contributed by atoms with van der Waals surface area (Å²) in [5.74, 6) is 0.656. The summed E-state index contributed by atoms with van der Waals surface area (Å²) in [5.41, 5.74) is 3.28. The first-order valence-corrected chi connectivity index (χ1v) is 11.1. The number of nitrogens with zero attached hydrogens (tertiary/aromatic N) is 1. The van der Waals surface area contributed by atoms with Crippen molar-refractivity contribution in [2.45, 2.75) is 24.3 Å². The first-order chi connectivity index (χ1) is 14.5. The topological polar surface area (TPSA) is 75.7 Å². The van der Waals surface area contributed by atoms with Crippen molar-refractivity contribution in [3.8, 4) is 5.75 Å². The highest BCUT2D eigenvalue weighted by Crippen LogP contribution is 2.32. The van der Waals surface area contributed by atoms with Crippen molar-refractivity contribution in [1.29, 1.82) is 0 Å². The molecule has 0 saturated heterocycles. The van der Waals surface area contributed by atoms with E-state index in [4.69, 9.17) is 4.74 Å². The van der Waals surface area contributed by atoms with Gasteiger partial charge in [0.1, 0.15) is 5.75 Å². The number of amides is 1. The fourth-order valence-electron chi connectivity index (χ4n) is 3.53. The van der Waals surface area contributed by atoms with Gasteiger partial charge in [0.2, 0.25) is 5.91 Å². The summed E-state index contributed by atoms with van der Waals surface area (Å²) in [6, 6.07) is 21.3. The van der Waals surface area contributed by atoms with Crippen LogP contribution < -0.4 is 14.4 Å². The summed E-state index contributed by atoms with van der Waals surface area (Å²) in [4.78, 5) is 14.4. The third-order valence-electron chi connectivity index (χ3n) is 5.09. The molecule has 0 fully saturated rings. The molecule has 0 bridgehead atoms. The van der Waals surface area contributed by atoms with Crippen LogP contribution in [0.25, 0.3) is 0 Å². The van der Waals surface area contributed by atoms with Gasteiger partial charge in [-0.25, -0.2) is 8.42 Å². The molecule has 4 rings (SSSR count). The molecule has 1 heterocycles. The lowest BCUT2D eigenvalue weighted by Crippen LogP contribution is -2.34. The molecule has 154 valence electrons. The minimum atomic E-state index is -3.72. The first kappa shape index (κ1) is 20.0. The van der Waals surface area contributed by atoms with Gasteiger partial charge in [-0.1, -0.05) is 30.3 Å². The van der Waals surface area contributed by atoms with E-state index >= 15 is 0 Å². The van der Waals surface area contributed by atoms with Crippen LogP contribution in [0.5, 0.6) is 5.75 Å². The van der Waals surface area contributed by atoms with Crippen LogP contribution in [-0.2, 0) is 27.8 Å². The minimum Gasteiger partial charge on any atom is -0.497 e. The maximum absolute atomic E-state index is 12.7. The molecule has 0 saturated carbocycles. The second kappa shape index (κ2) is 8.20. The van der Waals surface area contributed by atoms with Crippen LogP contribution in [0, 0.1) is 0 Å². The van der Waals surface area contributed by atoms with Crippen LogP contribution in [0.3, 0.4) is 0 Å². The van der Waals surface area contributed by atoms with Crippen molar-refractivity contribution >= 4 is 27.3 Å². The Morgan fingerprint density at radius 2 is 1.70 bits per heavy atom. The molecule has 0 unspecified atom stereocenters. The summed E-state index contributed by atoms with van der Waals surface area (Å²) in [7, 11) is -2.20. The molecule has 1 N–H and O–H groups in total. The first-order valence-electron chi connectivity index (χ1n) is 9.60. The van der Waals surface area contributed by atoms with Gasteiger partial charge in [-0.15, -0.1) is 0 Å². The summed E-state index contributed by atoms with van der Waals surface area (Å²) >= 11 is 0. The van der Waals surface area contributed by atoms with Crippen molar-refractivity contribution < 1.29 is 17.9 Å². The molecule has 7 heteroatoms. The quantitative estimate of drug-likeness (QED) is 0.652. The van der Waals surface area contributed by atoms with Gasteiger partial charge in [0.25, 0.3) is 10.0 Å². The number of carbonyl (C=O) groups excluding carboxylic acids is 1. The van der Waals surface area contributed by atoms with Gasteiger partial charge in [-0.05, 0) is 60.0 Å². The average molecular weight is 423 g/mol. The van der Waals surface area contributed by atoms with Crippen molar-refractivity contribution in [2.75, 3.05) is 16.7 Å². The number of aryl methyl sites for hydroxylation is 1. The van der Waals surface area contributed by atoms with E-state index in [2.05, 4.69) is 4.72 Å². The van der Waals surface area contributed by atoms with E-state index in [1.54, 1.807) is 35.2 Å². The number of hydrogen-bond donors (Lipinski definition) is 1. The van der Waals surface area contributed by atoms with Crippen molar-refractivity contribution in [2.24, 2.45) is 0 Å². The number of carbonyl (C=O) groups is 1. The van der Waals surface area contributed by atoms with Crippen molar-refractivity contribution in [3.05, 3.63) is 83.9 Å². The minimum absolute atomic E-state index is 0.0675. The molecule has 0 aliphatic carbocycles. The highest BCUT2D eigenvalue weighted by atomic mass is 32.2. The van der Waals surface area contributed by atoms with Crippen LogP contribution in [0.15, 0.2) is 77.7 Å². The Balaban J connectivity index is 1.58. The van der Waals surface area contributed by atoms with E-state index in [0.717, 1.165) is 16.8 Å². The van der Waals surface area contributed by atoms with Gasteiger partial charge in [0.05, 0.1) is 18.6 Å². The number of fused-ring (bicyclic) bond motifs is 1. The lowest BCUT2D eigenvalue weighted by Gasteiger charge is -2.30. The Morgan fingerprint density at radius 3 is 2.40 bits per heavy atom. The van der Waals surface area contributed by atoms with E-state index in [-0.39, 0.29) is 10.8 Å². The second-order valence-corrected chi connectivity index (χ2v) is 8.77. The maximum Gasteiger partial charge on any atom is 0.261 e. The zero-order valence-electron chi connectivity index (χ0n) is 16.5. The normalized spacial score (nSPS) is 13.6. The molecule has 3 aromatic carbocycles. The third-order valence-corrected chi connectivity index (χ3v) is 6.48. The van der Waals surface area contributed by atoms with Crippen LogP contribution >= 0.6 is 0 Å². The van der Waals surface area contributed by atoms with Crippen molar-refractivity contribution in [1.82, 2.24) is 0 Å². The van der Waals surface area contributed by atoms with Crippen LogP contribution in [0.1, 0.15) is 17.5 Å². The summed E-state index contributed by atoms with van der Waals surface area (Å²) in [6.07, 6.45) is 0.978. The average Bonchev–Trinajstić information content (AvgIpc) is 2.76. The molecule has 0 spiro atoms. The van der Waals surface area contributed by atoms with E-state index in [0.29, 0.717) is 30.8 Å². The van der Waals surface area contributed by atoms with Gasteiger partial charge >= 0.3 is 0 Å². The van der Waals surface area contributed by atoms with Gasteiger partial charge < -0.3 is 9.64 Å². The smallest absolute Gasteiger partial charge is 0.261 e. The van der Waals surface area contributed by atoms with Crippen LogP contribution in [0.4, 0.5) is 11.4 Å². The fourth-order valence-corrected chi connectivity index (χ4v) is 4.58. The molecular formula is C23H22N2O4S. The highest BCUT2D eigenvalue weighted by Gasteiger charge is 2.25. The Morgan fingerprint density at radius 1 is 0.967 bits per heavy atom. The Kier molecular flexibility index (Phi) is 5.46. The second-order valence-electron chi connectivity index (χ2n) is 7.09. The number of benzene rings is 3. The van der Waals surface area contributed by atoms with Gasteiger partial charge in [-0.3, -0.25) is 9.52 Å². The standard InChI is InChI=1S/C23H22N2O4S/c1-29-20-9-11-21(12-10-20)30(27,28)24-19-8-13-22-18(15-19)7-14-23(26)25(22)16-17-5-3-2-4-6-17/h2-6,8-13,15,24H,7,14,16H2,1H3. The van der Waals surface area contributed by atoms with Gasteiger partial charge in [0.15, 0.2) is 0 Å². The molecular weight excluding hydrogens is 400 g/mol. The van der Waals surface area contributed by atoms with Crippen LogP contribution in [-0.4, -0.2) is 21.4 Å². The lowest BCUT2D eigenvalue weighted by molar-refractivity contribution is -0.119. The van der Waals surface area contributed by atoms with E-state index in [1.807, 2.05) is 30.3 Å². The molecule has 30 heavy (non-hydrogen) atoms. The molecule has 6 nitrogen and oxygen atoms in total. The van der Waals surface area contributed by atoms with Gasteiger partial charge in [-0.2, -0.15) is 0 Å². The zero-order chi connectivity index (χ0) is 21.1. The summed E-state index contributed by atoms with van der Waals surface area (Å²) in [6.45, 7) is 0.490. The van der Waals surface area contributed by atoms with E-state index in [9.17, 15) is 13.2 Å². The number of sulfonamides is 1. The molecule has 0 atom stereocenters. The molecule has 1 aliphatic rings. The molecule has 1 amide bonds. The third kappa shape index (κ3) is 4.16. The molecule has 3 aromatic rings. The lowest BCUT2D eigenvalue weighted by atomic mass is 10.00. The predicted octanol–water partition coefficient (Wildman–Crippen LogP) is 3.98. The Labute approximate surface area is 176 Å². The fraction of sp³-hybridized carbons (Fsp3) is 0.174. The van der Waals surface area contributed by atoms with Gasteiger partial charge in [0, 0.05) is 17.8 Å². The molecule has 0 radical (unpaired) electrons. The van der Waals surface area contributed by atoms with E-state index in [1.165, 1.54) is 19.2 Å². The summed E-state index contributed by atoms with van der Waals surface area (Å²) in [5, 5.41) is 0. The number of hydrogen-bond acceptors (Lipinski definition) is 4. The summed E-state index contributed by atoms with van der Waals surface area (Å²) < 4.78 is 33.1. The Hall–Kier alpha value is -3.32. The SMILES string of the molecule is COc1ccc(S(=O)(=O)Nc2ccc3c(c2)CCC(=O)N3Cc2ccccc2)cc1. The van der Waals surface area contributed by atoms with Crippen molar-refractivity contribution in [3.63, 3.8) is 0 Å². The molecule has 0 aromatic heterocycles. The van der Waals surface area contributed by atoms with Crippen LogP contribution in [0.2, 0.25) is 0 Å². The number of nitrogens with one attached hydrogen (secondary N) is 1. The maximum atomic E-state index is 12.7. The van der Waals surface area contributed by atoms with E-state index < -0.39 is 10.0 Å². The predicted molar refractivity (Wildman–Crippen MR) is 116 cm³/mol.